The van der Waals surface area contributed by atoms with Crippen molar-refractivity contribution < 1.29 is 19.5 Å². The highest BCUT2D eigenvalue weighted by molar-refractivity contribution is 8.00. The number of fused-ring (bicyclic) bond motifs is 9. The van der Waals surface area contributed by atoms with Crippen molar-refractivity contribution in [2.45, 2.75) is 42.5 Å². The maximum Gasteiger partial charge on any atom is 0.305 e. The molecule has 0 radical (unpaired) electrons. The lowest BCUT2D eigenvalue weighted by Crippen LogP contribution is -2.46. The van der Waals surface area contributed by atoms with Crippen LogP contribution >= 0.6 is 23.1 Å². The summed E-state index contributed by atoms with van der Waals surface area (Å²) in [6.07, 6.45) is 0.746. The average molecular weight is 562 g/mol. The molecule has 2 aliphatic heterocycles. The Bertz CT molecular complexity index is 1580. The van der Waals surface area contributed by atoms with Gasteiger partial charge < -0.3 is 15.4 Å². The van der Waals surface area contributed by atoms with Gasteiger partial charge in [0.05, 0.1) is 16.9 Å². The lowest BCUT2D eigenvalue weighted by molar-refractivity contribution is -0.146. The number of rotatable bonds is 4. The molecule has 39 heavy (non-hydrogen) atoms. The summed E-state index contributed by atoms with van der Waals surface area (Å²) in [7, 11) is 0. The minimum atomic E-state index is -0.932. The molecular weight excluding hydrogens is 534 g/mol. The summed E-state index contributed by atoms with van der Waals surface area (Å²) >= 11 is 2.76. The van der Waals surface area contributed by atoms with E-state index in [4.69, 9.17) is 0 Å². The molecular formula is C29H27N3O5S2. The van der Waals surface area contributed by atoms with Crippen molar-refractivity contribution in [3.8, 4) is 5.75 Å². The average Bonchev–Trinajstić information content (AvgIpc) is 3.64. The van der Waals surface area contributed by atoms with Crippen molar-refractivity contribution in [3.63, 3.8) is 0 Å². The first-order chi connectivity index (χ1) is 18.7. The molecule has 4 aliphatic rings. The number of carbonyl (C=O) groups is 3. The number of aromatic hydroxyl groups is 1. The lowest BCUT2D eigenvalue weighted by atomic mass is 9.68. The van der Waals surface area contributed by atoms with Gasteiger partial charge in [-0.2, -0.15) is 0 Å². The summed E-state index contributed by atoms with van der Waals surface area (Å²) < 4.78 is 0. The number of hydrogen-bond acceptors (Lipinski definition) is 7. The fourth-order valence-electron chi connectivity index (χ4n) is 7.52. The third kappa shape index (κ3) is 3.57. The number of hydrogen-bond donors (Lipinski definition) is 3. The van der Waals surface area contributed by atoms with Crippen molar-refractivity contribution in [1.82, 2.24) is 9.88 Å². The number of aromatic nitrogens is 1. The van der Waals surface area contributed by atoms with Crippen LogP contribution < -0.4 is 10.2 Å². The molecule has 0 spiro atoms. The fourth-order valence-corrected chi connectivity index (χ4v) is 10.4. The van der Waals surface area contributed by atoms with Gasteiger partial charge in [0.2, 0.25) is 17.7 Å². The Morgan fingerprint density at radius 3 is 2.46 bits per heavy atom. The molecule has 7 rings (SSSR count). The number of imide groups is 1. The van der Waals surface area contributed by atoms with Gasteiger partial charge in [-0.1, -0.05) is 47.2 Å². The molecule has 2 saturated carbocycles. The number of H-pyrrole nitrogens is 1. The molecule has 2 aliphatic carbocycles. The van der Waals surface area contributed by atoms with Gasteiger partial charge in [0.15, 0.2) is 0 Å². The number of aromatic amines is 1. The number of nitrogens with one attached hydrogen (secondary N) is 2. The largest absolute Gasteiger partial charge is 0.508 e. The molecule has 3 N–H and O–H groups in total. The second-order valence-electron chi connectivity index (χ2n) is 11.1. The van der Waals surface area contributed by atoms with Crippen LogP contribution in [0.15, 0.2) is 58.4 Å². The van der Waals surface area contributed by atoms with Crippen molar-refractivity contribution in [2.75, 3.05) is 5.32 Å². The smallest absolute Gasteiger partial charge is 0.305 e. The Kier molecular flexibility index (Phi) is 5.58. The van der Waals surface area contributed by atoms with Crippen molar-refractivity contribution in [2.24, 2.45) is 29.6 Å². The summed E-state index contributed by atoms with van der Waals surface area (Å²) in [5, 5.41) is 14.5. The Morgan fingerprint density at radius 2 is 1.74 bits per heavy atom. The van der Waals surface area contributed by atoms with Gasteiger partial charge in [0, 0.05) is 27.3 Å². The molecule has 10 heteroatoms. The van der Waals surface area contributed by atoms with E-state index in [-0.39, 0.29) is 51.4 Å². The van der Waals surface area contributed by atoms with Crippen molar-refractivity contribution in [1.29, 1.82) is 0 Å². The first-order valence-electron chi connectivity index (χ1n) is 13.2. The molecule has 3 amide bonds. The zero-order valence-electron chi connectivity index (χ0n) is 21.3. The van der Waals surface area contributed by atoms with Gasteiger partial charge in [-0.25, -0.2) is 0 Å². The van der Waals surface area contributed by atoms with E-state index in [0.717, 1.165) is 38.8 Å². The first kappa shape index (κ1) is 24.7. The first-order valence-corrected chi connectivity index (χ1v) is 14.9. The predicted octanol–water partition coefficient (Wildman–Crippen LogP) is 3.95. The zero-order chi connectivity index (χ0) is 27.2. The number of thiazole rings is 1. The molecule has 8 atom stereocenters. The highest BCUT2D eigenvalue weighted by Gasteiger charge is 2.70. The number of para-hydroxylation sites is 1. The Morgan fingerprint density at radius 1 is 1.05 bits per heavy atom. The van der Waals surface area contributed by atoms with E-state index in [1.54, 1.807) is 43.0 Å². The molecule has 1 saturated heterocycles. The summed E-state index contributed by atoms with van der Waals surface area (Å²) in [6.45, 7) is 3.57. The number of carbonyl (C=O) groups excluding carboxylic acids is 3. The summed E-state index contributed by atoms with van der Waals surface area (Å²) in [5.74, 6) is -2.14. The molecule has 1 aromatic heterocycles. The quantitative estimate of drug-likeness (QED) is 0.415. The molecule has 3 aromatic rings. The van der Waals surface area contributed by atoms with Crippen LogP contribution in [-0.2, 0) is 14.4 Å². The standard InChI is InChI=1S/C29H27N3O5S2/c1-12-7-9-14(10-8-12)30-25(34)13(2)32-27(35)21-16-11-17(22(21)28(32)36)23-20(16)19(15-5-3-4-6-18(15)33)24-26(38-23)31-29(37)39-24/h3-10,13,16-17,19-23,33H,11H2,1-2H3,(H,30,34)(H,31,37). The van der Waals surface area contributed by atoms with Crippen LogP contribution in [0.2, 0.25) is 0 Å². The van der Waals surface area contributed by atoms with Crippen LogP contribution in [-0.4, -0.2) is 44.0 Å². The highest BCUT2D eigenvalue weighted by atomic mass is 32.2. The van der Waals surface area contributed by atoms with Gasteiger partial charge in [-0.3, -0.25) is 24.1 Å². The van der Waals surface area contributed by atoms with E-state index in [0.29, 0.717) is 5.69 Å². The topological polar surface area (TPSA) is 120 Å². The number of phenols is 1. The van der Waals surface area contributed by atoms with E-state index < -0.39 is 23.8 Å². The van der Waals surface area contributed by atoms with Gasteiger partial charge in [0.25, 0.3) is 0 Å². The van der Waals surface area contributed by atoms with Crippen LogP contribution in [0, 0.1) is 36.5 Å². The Balaban J connectivity index is 1.22. The second-order valence-corrected chi connectivity index (χ2v) is 13.3. The molecule has 2 bridgehead atoms. The van der Waals surface area contributed by atoms with Crippen LogP contribution in [0.3, 0.4) is 0 Å². The SMILES string of the molecule is Cc1ccc(NC(=O)C(C)N2C(=O)C3C4CC(C3C2=O)C2C(c3ccccc3O)c3sc(=O)[nH]c3SC42)cc1. The molecule has 200 valence electrons. The highest BCUT2D eigenvalue weighted by Crippen LogP contribution is 2.69. The van der Waals surface area contributed by atoms with E-state index in [1.165, 1.54) is 4.90 Å². The lowest BCUT2D eigenvalue weighted by Gasteiger charge is -2.43. The number of nitrogens with zero attached hydrogens (tertiary/aromatic N) is 1. The molecule has 2 aromatic carbocycles. The van der Waals surface area contributed by atoms with Crippen LogP contribution in [0.1, 0.15) is 35.3 Å². The van der Waals surface area contributed by atoms with Crippen molar-refractivity contribution >= 4 is 46.5 Å². The summed E-state index contributed by atoms with van der Waals surface area (Å²) in [6, 6.07) is 13.6. The number of phenolic OH excluding ortho intramolecular Hbond substituents is 1. The fraction of sp³-hybridized carbons (Fsp3) is 0.379. The number of benzene rings is 2. The Labute approximate surface area is 232 Å². The molecule has 3 heterocycles. The number of amides is 3. The van der Waals surface area contributed by atoms with E-state index in [1.807, 2.05) is 31.2 Å². The zero-order valence-corrected chi connectivity index (χ0v) is 22.9. The van der Waals surface area contributed by atoms with Gasteiger partial charge in [0.1, 0.15) is 11.8 Å². The molecule has 8 unspecified atom stereocenters. The number of likely N-dealkylation sites (tertiary alicyclic amines) is 1. The maximum atomic E-state index is 13.9. The second kappa shape index (κ2) is 8.82. The van der Waals surface area contributed by atoms with Gasteiger partial charge >= 0.3 is 4.87 Å². The normalized spacial score (nSPS) is 31.1. The monoisotopic (exact) mass is 561 g/mol. The van der Waals surface area contributed by atoms with E-state index >= 15 is 0 Å². The Hall–Kier alpha value is -3.37. The number of thioether (sulfide) groups is 1. The number of anilines is 1. The summed E-state index contributed by atoms with van der Waals surface area (Å²) in [5.41, 5.74) is 2.42. The van der Waals surface area contributed by atoms with E-state index in [2.05, 4.69) is 10.3 Å². The van der Waals surface area contributed by atoms with Crippen LogP contribution in [0.25, 0.3) is 0 Å². The minimum absolute atomic E-state index is 0.0121. The van der Waals surface area contributed by atoms with Gasteiger partial charge in [-0.15, -0.1) is 11.8 Å². The third-order valence-corrected chi connectivity index (χ3v) is 11.7. The number of aryl methyl sites for hydroxylation is 1. The predicted molar refractivity (Wildman–Crippen MR) is 148 cm³/mol. The van der Waals surface area contributed by atoms with Crippen molar-refractivity contribution in [3.05, 3.63) is 74.2 Å². The molecule has 3 fully saturated rings. The van der Waals surface area contributed by atoms with E-state index in [9.17, 15) is 24.3 Å². The molecule has 8 nitrogen and oxygen atoms in total. The minimum Gasteiger partial charge on any atom is -0.508 e. The van der Waals surface area contributed by atoms with Crippen LogP contribution in [0.5, 0.6) is 5.75 Å². The van der Waals surface area contributed by atoms with Gasteiger partial charge in [-0.05, 0) is 56.2 Å². The third-order valence-electron chi connectivity index (χ3n) is 9.12. The summed E-state index contributed by atoms with van der Waals surface area (Å²) in [4.78, 5) is 58.1. The van der Waals surface area contributed by atoms with Crippen LogP contribution in [0.4, 0.5) is 5.69 Å². The maximum absolute atomic E-state index is 13.9.